The number of hydrogen-bond acceptors (Lipinski definition) is 5. The molecule has 0 saturated carbocycles. The van der Waals surface area contributed by atoms with Gasteiger partial charge >= 0.3 is 5.97 Å². The van der Waals surface area contributed by atoms with Crippen molar-refractivity contribution in [3.8, 4) is 12.3 Å². The van der Waals surface area contributed by atoms with Gasteiger partial charge in [0, 0.05) is 23.5 Å². The summed E-state index contributed by atoms with van der Waals surface area (Å²) in [6, 6.07) is 0.525. The Balaban J connectivity index is 1.87. The SMILES string of the molecule is C#CCN1C(=O)CNC2CSC(CCCCC(=O)OC)C21. The summed E-state index contributed by atoms with van der Waals surface area (Å²) in [7, 11) is 1.41. The van der Waals surface area contributed by atoms with Crippen LogP contribution in [0.2, 0.25) is 0 Å². The van der Waals surface area contributed by atoms with Crippen molar-refractivity contribution < 1.29 is 14.3 Å². The van der Waals surface area contributed by atoms with Gasteiger partial charge in [-0.25, -0.2) is 0 Å². The van der Waals surface area contributed by atoms with E-state index in [4.69, 9.17) is 6.42 Å². The number of ether oxygens (including phenoxy) is 1. The Morgan fingerprint density at radius 3 is 3.10 bits per heavy atom. The summed E-state index contributed by atoms with van der Waals surface area (Å²) in [5.74, 6) is 3.55. The predicted octanol–water partition coefficient (Wildman–Crippen LogP) is 0.637. The van der Waals surface area contributed by atoms with E-state index in [-0.39, 0.29) is 17.9 Å². The first-order valence-electron chi connectivity index (χ1n) is 7.32. The molecule has 116 valence electrons. The zero-order valence-corrected chi connectivity index (χ0v) is 13.2. The number of nitrogens with one attached hydrogen (secondary N) is 1. The van der Waals surface area contributed by atoms with Gasteiger partial charge in [-0.2, -0.15) is 11.8 Å². The highest BCUT2D eigenvalue weighted by atomic mass is 32.2. The lowest BCUT2D eigenvalue weighted by atomic mass is 9.97. The minimum atomic E-state index is -0.157. The molecule has 3 unspecified atom stereocenters. The number of unbranched alkanes of at least 4 members (excludes halogenated alkanes) is 1. The van der Waals surface area contributed by atoms with Crippen LogP contribution in [0.3, 0.4) is 0 Å². The molecule has 0 bridgehead atoms. The number of terminal acetylenes is 1. The molecule has 2 aliphatic heterocycles. The molecule has 0 radical (unpaired) electrons. The molecule has 1 amide bonds. The number of carbonyl (C=O) groups excluding carboxylic acids is 2. The van der Waals surface area contributed by atoms with Crippen LogP contribution in [-0.4, -0.2) is 60.1 Å². The second kappa shape index (κ2) is 7.71. The van der Waals surface area contributed by atoms with E-state index in [1.54, 1.807) is 0 Å². The van der Waals surface area contributed by atoms with Crippen LogP contribution in [0.25, 0.3) is 0 Å². The zero-order valence-electron chi connectivity index (χ0n) is 12.3. The van der Waals surface area contributed by atoms with Crippen LogP contribution < -0.4 is 5.32 Å². The number of hydrogen-bond donors (Lipinski definition) is 1. The first-order valence-corrected chi connectivity index (χ1v) is 8.37. The Morgan fingerprint density at radius 1 is 1.57 bits per heavy atom. The van der Waals surface area contributed by atoms with Crippen LogP contribution in [-0.2, 0) is 14.3 Å². The number of fused-ring (bicyclic) bond motifs is 1. The van der Waals surface area contributed by atoms with Crippen LogP contribution in [0.5, 0.6) is 0 Å². The van der Waals surface area contributed by atoms with E-state index in [9.17, 15) is 9.59 Å². The normalized spacial score (nSPS) is 28.1. The van der Waals surface area contributed by atoms with Gasteiger partial charge < -0.3 is 15.0 Å². The van der Waals surface area contributed by atoms with Gasteiger partial charge in [-0.1, -0.05) is 12.3 Å². The van der Waals surface area contributed by atoms with Crippen LogP contribution in [0.15, 0.2) is 0 Å². The number of methoxy groups -OCH3 is 1. The highest BCUT2D eigenvalue weighted by Gasteiger charge is 2.44. The fraction of sp³-hybridized carbons (Fsp3) is 0.733. The molecule has 21 heavy (non-hydrogen) atoms. The molecule has 2 fully saturated rings. The predicted molar refractivity (Wildman–Crippen MR) is 82.9 cm³/mol. The van der Waals surface area contributed by atoms with Crippen LogP contribution in [0, 0.1) is 12.3 Å². The molecule has 0 aromatic carbocycles. The molecule has 3 atom stereocenters. The highest BCUT2D eigenvalue weighted by Crippen LogP contribution is 2.35. The second-order valence-corrected chi connectivity index (χ2v) is 6.67. The van der Waals surface area contributed by atoms with Gasteiger partial charge in [0.1, 0.15) is 0 Å². The minimum Gasteiger partial charge on any atom is -0.469 e. The van der Waals surface area contributed by atoms with Crippen LogP contribution >= 0.6 is 11.8 Å². The van der Waals surface area contributed by atoms with Crippen molar-refractivity contribution in [2.24, 2.45) is 0 Å². The van der Waals surface area contributed by atoms with Gasteiger partial charge in [0.25, 0.3) is 0 Å². The van der Waals surface area contributed by atoms with Crippen molar-refractivity contribution in [3.63, 3.8) is 0 Å². The summed E-state index contributed by atoms with van der Waals surface area (Å²) in [6.07, 6.45) is 8.66. The standard InChI is InChI=1S/C15H22N2O3S/c1-3-8-17-13(18)9-16-11-10-21-12(15(11)17)6-4-5-7-14(19)20-2/h1,11-12,15-16H,4-10H2,2H3. The van der Waals surface area contributed by atoms with Gasteiger partial charge in [0.15, 0.2) is 0 Å². The van der Waals surface area contributed by atoms with Crippen molar-refractivity contribution in [2.75, 3.05) is 26.0 Å². The van der Waals surface area contributed by atoms with Gasteiger partial charge in [0.05, 0.1) is 26.2 Å². The summed E-state index contributed by atoms with van der Waals surface area (Å²) in [5, 5.41) is 3.71. The average molecular weight is 310 g/mol. The van der Waals surface area contributed by atoms with E-state index >= 15 is 0 Å². The highest BCUT2D eigenvalue weighted by molar-refractivity contribution is 8.00. The summed E-state index contributed by atoms with van der Waals surface area (Å²) in [6.45, 7) is 0.777. The maximum atomic E-state index is 12.0. The molecule has 1 N–H and O–H groups in total. The maximum Gasteiger partial charge on any atom is 0.305 e. The Labute approximate surface area is 130 Å². The third-order valence-corrected chi connectivity index (χ3v) is 5.58. The van der Waals surface area contributed by atoms with E-state index < -0.39 is 0 Å². The largest absolute Gasteiger partial charge is 0.469 e. The van der Waals surface area contributed by atoms with E-state index in [0.29, 0.717) is 30.8 Å². The third kappa shape index (κ3) is 3.92. The molecular formula is C15H22N2O3S. The lowest BCUT2D eigenvalue weighted by Gasteiger charge is -2.39. The van der Waals surface area contributed by atoms with E-state index in [1.807, 2.05) is 16.7 Å². The summed E-state index contributed by atoms with van der Waals surface area (Å²) < 4.78 is 4.64. The fourth-order valence-electron chi connectivity index (χ4n) is 3.03. The summed E-state index contributed by atoms with van der Waals surface area (Å²) >= 11 is 1.90. The van der Waals surface area contributed by atoms with Crippen molar-refractivity contribution in [1.82, 2.24) is 10.2 Å². The third-order valence-electron chi connectivity index (χ3n) is 4.09. The number of nitrogens with zero attached hydrogens (tertiary/aromatic N) is 1. The topological polar surface area (TPSA) is 58.6 Å². The molecule has 0 aromatic heterocycles. The number of rotatable bonds is 6. The molecule has 6 heteroatoms. The van der Waals surface area contributed by atoms with Gasteiger partial charge in [-0.15, -0.1) is 6.42 Å². The Morgan fingerprint density at radius 2 is 2.38 bits per heavy atom. The number of esters is 1. The van der Waals surface area contributed by atoms with Crippen molar-refractivity contribution in [1.29, 1.82) is 0 Å². The molecular weight excluding hydrogens is 288 g/mol. The first-order chi connectivity index (χ1) is 10.2. The Kier molecular flexibility index (Phi) is 5.95. The molecule has 0 aromatic rings. The lowest BCUT2D eigenvalue weighted by Crippen LogP contribution is -2.61. The number of thioether (sulfide) groups is 1. The molecule has 2 aliphatic rings. The number of carbonyl (C=O) groups is 2. The molecule has 5 nitrogen and oxygen atoms in total. The minimum absolute atomic E-state index is 0.0938. The van der Waals surface area contributed by atoms with Crippen molar-refractivity contribution in [3.05, 3.63) is 0 Å². The van der Waals surface area contributed by atoms with Crippen LogP contribution in [0.4, 0.5) is 0 Å². The monoisotopic (exact) mass is 310 g/mol. The van der Waals surface area contributed by atoms with E-state index in [0.717, 1.165) is 25.0 Å². The van der Waals surface area contributed by atoms with Gasteiger partial charge in [0.2, 0.25) is 5.91 Å². The molecule has 0 aliphatic carbocycles. The van der Waals surface area contributed by atoms with Gasteiger partial charge in [-0.05, 0) is 12.8 Å². The van der Waals surface area contributed by atoms with E-state index in [2.05, 4.69) is 16.0 Å². The van der Waals surface area contributed by atoms with Gasteiger partial charge in [-0.3, -0.25) is 9.59 Å². The van der Waals surface area contributed by atoms with Crippen LogP contribution in [0.1, 0.15) is 25.7 Å². The fourth-order valence-corrected chi connectivity index (χ4v) is 4.67. The number of piperazine rings is 1. The lowest BCUT2D eigenvalue weighted by molar-refractivity contribution is -0.140. The maximum absolute atomic E-state index is 12.0. The smallest absolute Gasteiger partial charge is 0.305 e. The molecule has 0 spiro atoms. The Bertz CT molecular complexity index is 435. The average Bonchev–Trinajstić information content (AvgIpc) is 2.89. The van der Waals surface area contributed by atoms with E-state index in [1.165, 1.54) is 7.11 Å². The Hall–Kier alpha value is -1.19. The van der Waals surface area contributed by atoms with Crippen molar-refractivity contribution in [2.45, 2.75) is 43.0 Å². The molecule has 2 heterocycles. The molecule has 2 rings (SSSR count). The second-order valence-electron chi connectivity index (χ2n) is 5.40. The molecule has 2 saturated heterocycles. The summed E-state index contributed by atoms with van der Waals surface area (Å²) in [5.41, 5.74) is 0. The summed E-state index contributed by atoms with van der Waals surface area (Å²) in [4.78, 5) is 25.0. The van der Waals surface area contributed by atoms with Crippen molar-refractivity contribution >= 4 is 23.6 Å². The zero-order chi connectivity index (χ0) is 15.2. The quantitative estimate of drug-likeness (QED) is 0.443. The number of amides is 1. The first kappa shape index (κ1) is 16.2.